The lowest BCUT2D eigenvalue weighted by Gasteiger charge is -2.19. The third kappa shape index (κ3) is 3.51. The molecule has 1 aromatic heterocycles. The van der Waals surface area contributed by atoms with E-state index in [0.717, 1.165) is 22.0 Å². The fourth-order valence-corrected chi connectivity index (χ4v) is 1.73. The van der Waals surface area contributed by atoms with Gasteiger partial charge >= 0.3 is 12.0 Å². The van der Waals surface area contributed by atoms with E-state index in [-0.39, 0.29) is 12.6 Å². The Kier molecular flexibility index (Phi) is 4.36. The molecule has 1 atom stereocenters. The topological polar surface area (TPSA) is 82.8 Å². The molecule has 0 aliphatic heterocycles. The van der Waals surface area contributed by atoms with Gasteiger partial charge in [0.05, 0.1) is 6.04 Å². The van der Waals surface area contributed by atoms with Crippen molar-refractivity contribution in [1.82, 2.24) is 10.2 Å². The first-order valence-electron chi connectivity index (χ1n) is 5.61. The number of rotatable bonds is 4. The standard InChI is InChI=1S/C12H18N2O4/c1-7-5-10(9(3)18-7)8(2)13-12(17)14(4)6-11(15)16/h5,8H,6H2,1-4H3,(H,13,17)(H,15,16). The molecule has 1 aromatic rings. The molecule has 0 aliphatic rings. The molecule has 6 nitrogen and oxygen atoms in total. The molecule has 0 spiro atoms. The number of hydrogen-bond acceptors (Lipinski definition) is 3. The van der Waals surface area contributed by atoms with E-state index < -0.39 is 12.0 Å². The molecule has 1 heterocycles. The van der Waals surface area contributed by atoms with Crippen LogP contribution in [0.2, 0.25) is 0 Å². The Morgan fingerprint density at radius 3 is 2.56 bits per heavy atom. The van der Waals surface area contributed by atoms with Crippen LogP contribution in [-0.4, -0.2) is 35.6 Å². The predicted octanol–water partition coefficient (Wildman–Crippen LogP) is 1.68. The van der Waals surface area contributed by atoms with Crippen LogP contribution in [0.15, 0.2) is 10.5 Å². The summed E-state index contributed by atoms with van der Waals surface area (Å²) in [6.07, 6.45) is 0. The van der Waals surface area contributed by atoms with Crippen LogP contribution < -0.4 is 5.32 Å². The Morgan fingerprint density at radius 2 is 2.11 bits per heavy atom. The van der Waals surface area contributed by atoms with Crippen LogP contribution in [0, 0.1) is 13.8 Å². The smallest absolute Gasteiger partial charge is 0.323 e. The molecule has 18 heavy (non-hydrogen) atoms. The van der Waals surface area contributed by atoms with Crippen molar-refractivity contribution in [3.8, 4) is 0 Å². The summed E-state index contributed by atoms with van der Waals surface area (Å²) in [6.45, 7) is 5.15. The molecular weight excluding hydrogens is 236 g/mol. The molecule has 0 aromatic carbocycles. The monoisotopic (exact) mass is 254 g/mol. The van der Waals surface area contributed by atoms with Crippen LogP contribution in [0.1, 0.15) is 30.0 Å². The molecule has 2 amide bonds. The molecule has 2 N–H and O–H groups in total. The molecule has 0 fully saturated rings. The van der Waals surface area contributed by atoms with Crippen molar-refractivity contribution < 1.29 is 19.1 Å². The highest BCUT2D eigenvalue weighted by molar-refractivity contribution is 5.80. The van der Waals surface area contributed by atoms with Crippen LogP contribution in [0.3, 0.4) is 0 Å². The van der Waals surface area contributed by atoms with Crippen LogP contribution in [0.5, 0.6) is 0 Å². The van der Waals surface area contributed by atoms with Gasteiger partial charge in [-0.25, -0.2) is 4.79 Å². The third-order valence-electron chi connectivity index (χ3n) is 2.60. The summed E-state index contributed by atoms with van der Waals surface area (Å²) in [5, 5.41) is 11.3. The summed E-state index contributed by atoms with van der Waals surface area (Å²) in [5.41, 5.74) is 0.893. The SMILES string of the molecule is Cc1cc(C(C)NC(=O)N(C)CC(=O)O)c(C)o1. The number of hydrogen-bond donors (Lipinski definition) is 2. The van der Waals surface area contributed by atoms with Gasteiger partial charge in [-0.15, -0.1) is 0 Å². The van der Waals surface area contributed by atoms with Gasteiger partial charge in [0.2, 0.25) is 0 Å². The number of carboxylic acids is 1. The van der Waals surface area contributed by atoms with E-state index in [1.54, 1.807) is 0 Å². The largest absolute Gasteiger partial charge is 0.480 e. The Balaban J connectivity index is 2.64. The Morgan fingerprint density at radius 1 is 1.50 bits per heavy atom. The fourth-order valence-electron chi connectivity index (χ4n) is 1.73. The van der Waals surface area contributed by atoms with Gasteiger partial charge in [-0.05, 0) is 26.8 Å². The summed E-state index contributed by atoms with van der Waals surface area (Å²) in [7, 11) is 1.43. The maximum Gasteiger partial charge on any atom is 0.323 e. The maximum atomic E-state index is 11.7. The van der Waals surface area contributed by atoms with Crippen molar-refractivity contribution in [1.29, 1.82) is 0 Å². The highest BCUT2D eigenvalue weighted by Gasteiger charge is 2.18. The summed E-state index contributed by atoms with van der Waals surface area (Å²) < 4.78 is 5.38. The van der Waals surface area contributed by atoms with Crippen LogP contribution in [-0.2, 0) is 4.79 Å². The molecule has 100 valence electrons. The average molecular weight is 254 g/mol. The number of urea groups is 1. The zero-order valence-electron chi connectivity index (χ0n) is 11.0. The van der Waals surface area contributed by atoms with E-state index in [1.165, 1.54) is 7.05 Å². The maximum absolute atomic E-state index is 11.7. The minimum absolute atomic E-state index is 0.230. The fraction of sp³-hybridized carbons (Fsp3) is 0.500. The number of nitrogens with zero attached hydrogens (tertiary/aromatic N) is 1. The number of furan rings is 1. The molecule has 0 radical (unpaired) electrons. The van der Waals surface area contributed by atoms with Crippen molar-refractivity contribution in [2.75, 3.05) is 13.6 Å². The third-order valence-corrected chi connectivity index (χ3v) is 2.60. The lowest BCUT2D eigenvalue weighted by atomic mass is 10.1. The lowest BCUT2D eigenvalue weighted by Crippen LogP contribution is -2.41. The van der Waals surface area contributed by atoms with Gasteiger partial charge in [-0.1, -0.05) is 0 Å². The molecule has 6 heteroatoms. The summed E-state index contributed by atoms with van der Waals surface area (Å²) in [6, 6.07) is 1.20. The second-order valence-electron chi connectivity index (χ2n) is 4.29. The molecule has 0 aliphatic carbocycles. The quantitative estimate of drug-likeness (QED) is 0.856. The molecular formula is C12H18N2O4. The van der Waals surface area contributed by atoms with Gasteiger partial charge in [0, 0.05) is 12.6 Å². The van der Waals surface area contributed by atoms with Crippen LogP contribution in [0.4, 0.5) is 4.79 Å². The van der Waals surface area contributed by atoms with Gasteiger partial charge in [-0.3, -0.25) is 4.79 Å². The molecule has 0 bridgehead atoms. The summed E-state index contributed by atoms with van der Waals surface area (Å²) >= 11 is 0. The van der Waals surface area contributed by atoms with Crippen molar-refractivity contribution in [2.24, 2.45) is 0 Å². The van der Waals surface area contributed by atoms with Gasteiger partial charge in [0.25, 0.3) is 0 Å². The first kappa shape index (κ1) is 14.1. The number of amides is 2. The van der Waals surface area contributed by atoms with E-state index in [2.05, 4.69) is 5.32 Å². The van der Waals surface area contributed by atoms with Crippen molar-refractivity contribution in [3.63, 3.8) is 0 Å². The zero-order valence-corrected chi connectivity index (χ0v) is 11.0. The number of carbonyl (C=O) groups is 2. The number of likely N-dealkylation sites (N-methyl/N-ethyl adjacent to an activating group) is 1. The highest BCUT2D eigenvalue weighted by Crippen LogP contribution is 2.21. The normalized spacial score (nSPS) is 12.0. The van der Waals surface area contributed by atoms with Crippen LogP contribution >= 0.6 is 0 Å². The lowest BCUT2D eigenvalue weighted by molar-refractivity contribution is -0.137. The predicted molar refractivity (Wildman–Crippen MR) is 65.4 cm³/mol. The van der Waals surface area contributed by atoms with E-state index in [1.807, 2.05) is 26.8 Å². The second-order valence-corrected chi connectivity index (χ2v) is 4.29. The Bertz CT molecular complexity index is 453. The van der Waals surface area contributed by atoms with Gasteiger partial charge in [-0.2, -0.15) is 0 Å². The van der Waals surface area contributed by atoms with E-state index in [4.69, 9.17) is 9.52 Å². The van der Waals surface area contributed by atoms with Gasteiger partial charge < -0.3 is 19.7 Å². The molecule has 0 saturated heterocycles. The van der Waals surface area contributed by atoms with E-state index in [9.17, 15) is 9.59 Å². The Labute approximate surface area is 106 Å². The summed E-state index contributed by atoms with van der Waals surface area (Å²) in [5.74, 6) is 0.485. The molecule has 1 rings (SSSR count). The zero-order chi connectivity index (χ0) is 13.9. The van der Waals surface area contributed by atoms with Crippen molar-refractivity contribution in [3.05, 3.63) is 23.2 Å². The number of aryl methyl sites for hydroxylation is 2. The molecule has 1 unspecified atom stereocenters. The number of carboxylic acid groups (broad SMARTS) is 1. The Hall–Kier alpha value is -1.98. The van der Waals surface area contributed by atoms with E-state index in [0.29, 0.717) is 0 Å². The first-order valence-corrected chi connectivity index (χ1v) is 5.61. The van der Waals surface area contributed by atoms with Gasteiger partial charge in [0.1, 0.15) is 18.1 Å². The average Bonchev–Trinajstić information content (AvgIpc) is 2.56. The number of aliphatic carboxylic acids is 1. The first-order chi connectivity index (χ1) is 8.31. The van der Waals surface area contributed by atoms with E-state index >= 15 is 0 Å². The minimum Gasteiger partial charge on any atom is -0.480 e. The second kappa shape index (κ2) is 5.57. The number of nitrogens with one attached hydrogen (secondary N) is 1. The minimum atomic E-state index is -1.05. The molecule has 0 saturated carbocycles. The summed E-state index contributed by atoms with van der Waals surface area (Å²) in [4.78, 5) is 23.3. The van der Waals surface area contributed by atoms with Crippen molar-refractivity contribution in [2.45, 2.75) is 26.8 Å². The highest BCUT2D eigenvalue weighted by atomic mass is 16.4. The van der Waals surface area contributed by atoms with Crippen molar-refractivity contribution >= 4 is 12.0 Å². The number of carbonyl (C=O) groups excluding carboxylic acids is 1. The van der Waals surface area contributed by atoms with Gasteiger partial charge in [0.15, 0.2) is 0 Å². The van der Waals surface area contributed by atoms with Crippen LogP contribution in [0.25, 0.3) is 0 Å².